The van der Waals surface area contributed by atoms with Crippen LogP contribution < -0.4 is 5.73 Å². The molecule has 0 bridgehead atoms. The first-order chi connectivity index (χ1) is 13.0. The Morgan fingerprint density at radius 1 is 0.815 bits per heavy atom. The maximum atomic E-state index is 13.1. The third kappa shape index (κ3) is 4.52. The summed E-state index contributed by atoms with van der Waals surface area (Å²) in [5.74, 6) is -1.40. The van der Waals surface area contributed by atoms with Crippen LogP contribution in [-0.2, 0) is 13.1 Å². The van der Waals surface area contributed by atoms with E-state index >= 15 is 0 Å². The summed E-state index contributed by atoms with van der Waals surface area (Å²) >= 11 is 0. The average Bonchev–Trinajstić information content (AvgIpc) is 2.69. The number of nitrogen functional groups attached to an aromatic ring is 1. The number of amides is 1. The van der Waals surface area contributed by atoms with Crippen molar-refractivity contribution in [1.82, 2.24) is 4.90 Å². The standard InChI is InChI=1S/C22H20N2O3/c23-20-12-11-18(13-19(20)22(26)27)21(25)24(14-16-7-3-1-4-8-16)15-17-9-5-2-6-10-17/h1-13H,14-15,23H2,(H,26,27). The molecule has 0 aliphatic heterocycles. The average molecular weight is 360 g/mol. The zero-order chi connectivity index (χ0) is 19.2. The van der Waals surface area contributed by atoms with E-state index in [-0.39, 0.29) is 17.2 Å². The molecule has 3 N–H and O–H groups in total. The molecule has 5 nitrogen and oxygen atoms in total. The van der Waals surface area contributed by atoms with E-state index in [0.717, 1.165) is 11.1 Å². The van der Waals surface area contributed by atoms with Crippen LogP contribution in [0.5, 0.6) is 0 Å². The van der Waals surface area contributed by atoms with Crippen LogP contribution in [0.25, 0.3) is 0 Å². The van der Waals surface area contributed by atoms with E-state index < -0.39 is 5.97 Å². The fraction of sp³-hybridized carbons (Fsp3) is 0.0909. The topological polar surface area (TPSA) is 83.6 Å². The molecule has 3 aromatic carbocycles. The molecule has 0 aromatic heterocycles. The number of carbonyl (C=O) groups is 2. The molecule has 0 heterocycles. The molecule has 0 saturated carbocycles. The maximum Gasteiger partial charge on any atom is 0.337 e. The Morgan fingerprint density at radius 3 is 1.81 bits per heavy atom. The SMILES string of the molecule is Nc1ccc(C(=O)N(Cc2ccccc2)Cc2ccccc2)cc1C(=O)O. The molecular weight excluding hydrogens is 340 g/mol. The molecule has 0 unspecified atom stereocenters. The van der Waals surface area contributed by atoms with E-state index in [0.29, 0.717) is 18.7 Å². The van der Waals surface area contributed by atoms with Crippen molar-refractivity contribution in [3.8, 4) is 0 Å². The number of anilines is 1. The van der Waals surface area contributed by atoms with Crippen LogP contribution in [0.15, 0.2) is 78.9 Å². The minimum atomic E-state index is -1.15. The number of carbonyl (C=O) groups excluding carboxylic acids is 1. The third-order valence-electron chi connectivity index (χ3n) is 4.25. The van der Waals surface area contributed by atoms with Crippen molar-refractivity contribution in [2.45, 2.75) is 13.1 Å². The normalized spacial score (nSPS) is 10.4. The lowest BCUT2D eigenvalue weighted by Crippen LogP contribution is -2.30. The summed E-state index contributed by atoms with van der Waals surface area (Å²) in [6, 6.07) is 23.7. The summed E-state index contributed by atoms with van der Waals surface area (Å²) in [6.07, 6.45) is 0. The highest BCUT2D eigenvalue weighted by atomic mass is 16.4. The van der Waals surface area contributed by atoms with Gasteiger partial charge in [0.05, 0.1) is 5.56 Å². The predicted molar refractivity (Wildman–Crippen MR) is 104 cm³/mol. The lowest BCUT2D eigenvalue weighted by molar-refractivity contribution is 0.0698. The molecule has 136 valence electrons. The van der Waals surface area contributed by atoms with Crippen LogP contribution in [0.4, 0.5) is 5.69 Å². The zero-order valence-electron chi connectivity index (χ0n) is 14.7. The summed E-state index contributed by atoms with van der Waals surface area (Å²) in [7, 11) is 0. The summed E-state index contributed by atoms with van der Waals surface area (Å²) in [6.45, 7) is 0.836. The number of aromatic carboxylic acids is 1. The first-order valence-electron chi connectivity index (χ1n) is 8.54. The van der Waals surface area contributed by atoms with E-state index in [9.17, 15) is 14.7 Å². The Hall–Kier alpha value is -3.60. The fourth-order valence-electron chi connectivity index (χ4n) is 2.86. The lowest BCUT2D eigenvalue weighted by Gasteiger charge is -2.23. The first kappa shape index (κ1) is 18.2. The van der Waals surface area contributed by atoms with Crippen molar-refractivity contribution in [1.29, 1.82) is 0 Å². The molecular formula is C22H20N2O3. The summed E-state index contributed by atoms with van der Waals surface area (Å²) in [4.78, 5) is 26.2. The van der Waals surface area contributed by atoms with Crippen LogP contribution in [0.3, 0.4) is 0 Å². The van der Waals surface area contributed by atoms with Gasteiger partial charge < -0.3 is 15.7 Å². The molecule has 0 aliphatic carbocycles. The van der Waals surface area contributed by atoms with Gasteiger partial charge in [0.25, 0.3) is 5.91 Å². The number of benzene rings is 3. The second-order valence-corrected chi connectivity index (χ2v) is 6.24. The highest BCUT2D eigenvalue weighted by molar-refractivity contribution is 6.00. The molecule has 0 aliphatic rings. The van der Waals surface area contributed by atoms with Gasteiger partial charge in [0.2, 0.25) is 0 Å². The largest absolute Gasteiger partial charge is 0.478 e. The Bertz CT molecular complexity index is 899. The van der Waals surface area contributed by atoms with Crippen LogP contribution >= 0.6 is 0 Å². The van der Waals surface area contributed by atoms with Crippen molar-refractivity contribution in [3.63, 3.8) is 0 Å². The van der Waals surface area contributed by atoms with E-state index in [1.807, 2.05) is 60.7 Å². The Balaban J connectivity index is 1.92. The molecule has 27 heavy (non-hydrogen) atoms. The van der Waals surface area contributed by atoms with Crippen molar-refractivity contribution in [2.24, 2.45) is 0 Å². The fourth-order valence-corrected chi connectivity index (χ4v) is 2.86. The minimum absolute atomic E-state index is 0.0692. The molecule has 0 fully saturated rings. The van der Waals surface area contributed by atoms with Gasteiger partial charge in [0.15, 0.2) is 0 Å². The second-order valence-electron chi connectivity index (χ2n) is 6.24. The van der Waals surface area contributed by atoms with E-state index in [1.54, 1.807) is 11.0 Å². The number of carboxylic acid groups (broad SMARTS) is 1. The van der Waals surface area contributed by atoms with Gasteiger partial charge in [0.1, 0.15) is 0 Å². The van der Waals surface area contributed by atoms with Gasteiger partial charge in [-0.05, 0) is 29.3 Å². The van der Waals surface area contributed by atoms with E-state index in [2.05, 4.69) is 0 Å². The zero-order valence-corrected chi connectivity index (χ0v) is 14.7. The molecule has 0 saturated heterocycles. The molecule has 3 rings (SSSR count). The smallest absolute Gasteiger partial charge is 0.337 e. The van der Waals surface area contributed by atoms with Crippen LogP contribution in [0.2, 0.25) is 0 Å². The van der Waals surface area contributed by atoms with E-state index in [4.69, 9.17) is 5.73 Å². The minimum Gasteiger partial charge on any atom is -0.478 e. The Labute approximate surface area is 157 Å². The number of rotatable bonds is 6. The number of nitrogens with zero attached hydrogens (tertiary/aromatic N) is 1. The van der Waals surface area contributed by atoms with Gasteiger partial charge in [-0.3, -0.25) is 4.79 Å². The quantitative estimate of drug-likeness (QED) is 0.655. The second kappa shape index (κ2) is 8.19. The van der Waals surface area contributed by atoms with Crippen LogP contribution in [0, 0.1) is 0 Å². The lowest BCUT2D eigenvalue weighted by atomic mass is 10.1. The summed E-state index contributed by atoms with van der Waals surface area (Å²) in [5.41, 5.74) is 8.07. The van der Waals surface area contributed by atoms with Gasteiger partial charge >= 0.3 is 5.97 Å². The number of hydrogen-bond donors (Lipinski definition) is 2. The molecule has 0 spiro atoms. The van der Waals surface area contributed by atoms with E-state index in [1.165, 1.54) is 12.1 Å². The molecule has 3 aromatic rings. The van der Waals surface area contributed by atoms with Crippen LogP contribution in [-0.4, -0.2) is 21.9 Å². The monoisotopic (exact) mass is 360 g/mol. The molecule has 5 heteroatoms. The molecule has 1 amide bonds. The van der Waals surface area contributed by atoms with Crippen molar-refractivity contribution in [3.05, 3.63) is 101 Å². The highest BCUT2D eigenvalue weighted by Crippen LogP contribution is 2.19. The van der Waals surface area contributed by atoms with Gasteiger partial charge in [-0.2, -0.15) is 0 Å². The highest BCUT2D eigenvalue weighted by Gasteiger charge is 2.19. The molecule has 0 atom stereocenters. The molecule has 0 radical (unpaired) electrons. The van der Waals surface area contributed by atoms with Crippen molar-refractivity contribution < 1.29 is 14.7 Å². The van der Waals surface area contributed by atoms with Crippen molar-refractivity contribution >= 4 is 17.6 Å². The number of carboxylic acids is 1. The number of hydrogen-bond acceptors (Lipinski definition) is 3. The third-order valence-corrected chi connectivity index (χ3v) is 4.25. The summed E-state index contributed by atoms with van der Waals surface area (Å²) in [5, 5.41) is 9.28. The van der Waals surface area contributed by atoms with Crippen LogP contribution in [0.1, 0.15) is 31.8 Å². The predicted octanol–water partition coefficient (Wildman–Crippen LogP) is 3.81. The number of nitrogens with two attached hydrogens (primary N) is 1. The maximum absolute atomic E-state index is 13.1. The van der Waals surface area contributed by atoms with Gasteiger partial charge in [0, 0.05) is 24.3 Å². The van der Waals surface area contributed by atoms with Gasteiger partial charge in [-0.15, -0.1) is 0 Å². The van der Waals surface area contributed by atoms with Crippen molar-refractivity contribution in [2.75, 3.05) is 5.73 Å². The Kier molecular flexibility index (Phi) is 5.52. The Morgan fingerprint density at radius 2 is 1.33 bits per heavy atom. The first-order valence-corrected chi connectivity index (χ1v) is 8.54. The summed E-state index contributed by atoms with van der Waals surface area (Å²) < 4.78 is 0. The van der Waals surface area contributed by atoms with Gasteiger partial charge in [-0.25, -0.2) is 4.79 Å². The van der Waals surface area contributed by atoms with Gasteiger partial charge in [-0.1, -0.05) is 60.7 Å².